The highest BCUT2D eigenvalue weighted by Crippen LogP contribution is 2.29. The van der Waals surface area contributed by atoms with Crippen LogP contribution >= 0.6 is 11.8 Å². The molecule has 1 fully saturated rings. The van der Waals surface area contributed by atoms with E-state index >= 15 is 0 Å². The number of rotatable bonds is 4. The Labute approximate surface area is 129 Å². The van der Waals surface area contributed by atoms with Gasteiger partial charge in [0.05, 0.1) is 11.8 Å². The zero-order chi connectivity index (χ0) is 15.5. The fraction of sp³-hybridized carbons (Fsp3) is 0.600. The summed E-state index contributed by atoms with van der Waals surface area (Å²) in [7, 11) is 0. The molecule has 1 saturated carbocycles. The van der Waals surface area contributed by atoms with Gasteiger partial charge in [-0.15, -0.1) is 0 Å². The van der Waals surface area contributed by atoms with Gasteiger partial charge < -0.3 is 5.32 Å². The Morgan fingerprint density at radius 2 is 1.86 bits per heavy atom. The van der Waals surface area contributed by atoms with Gasteiger partial charge in [-0.05, 0) is 52.0 Å². The Balaban J connectivity index is 1.94. The Morgan fingerprint density at radius 1 is 1.29 bits per heavy atom. The molecule has 1 aromatic heterocycles. The zero-order valence-electron chi connectivity index (χ0n) is 12.7. The highest BCUT2D eigenvalue weighted by Gasteiger charge is 2.35. The van der Waals surface area contributed by atoms with Crippen LogP contribution in [0.2, 0.25) is 0 Å². The van der Waals surface area contributed by atoms with Gasteiger partial charge in [-0.25, -0.2) is 9.97 Å². The predicted molar refractivity (Wildman–Crippen MR) is 81.9 cm³/mol. The van der Waals surface area contributed by atoms with Gasteiger partial charge in [0, 0.05) is 11.4 Å². The number of aromatic nitrogens is 2. The molecule has 0 spiro atoms. The number of thioether (sulfide) groups is 1. The normalized spacial score (nSPS) is 16.5. The number of hydrogen-bond donors (Lipinski definition) is 1. The quantitative estimate of drug-likeness (QED) is 0.683. The molecular formula is C15H20N4OS. The summed E-state index contributed by atoms with van der Waals surface area (Å²) in [6.45, 7) is 5.87. The molecule has 2 rings (SSSR count). The molecule has 1 amide bonds. The molecule has 0 saturated heterocycles. The maximum Gasteiger partial charge on any atom is 0.231 e. The monoisotopic (exact) mass is 304 g/mol. The van der Waals surface area contributed by atoms with Crippen LogP contribution in [0.25, 0.3) is 0 Å². The van der Waals surface area contributed by atoms with Crippen molar-refractivity contribution >= 4 is 17.7 Å². The Bertz CT molecular complexity index is 565. The lowest BCUT2D eigenvalue weighted by atomic mass is 10.0. The molecule has 5 nitrogen and oxygen atoms in total. The summed E-state index contributed by atoms with van der Waals surface area (Å²) in [6, 6.07) is 2.26. The third-order valence-electron chi connectivity index (χ3n) is 3.99. The van der Waals surface area contributed by atoms with E-state index < -0.39 is 5.54 Å². The summed E-state index contributed by atoms with van der Waals surface area (Å²) in [4.78, 5) is 20.8. The van der Waals surface area contributed by atoms with E-state index in [0.29, 0.717) is 5.16 Å². The predicted octanol–water partition coefficient (Wildman–Crippen LogP) is 2.45. The van der Waals surface area contributed by atoms with Crippen molar-refractivity contribution in [2.45, 2.75) is 57.1 Å². The second kappa shape index (κ2) is 6.44. The first kappa shape index (κ1) is 15.8. The Hall–Kier alpha value is -1.61. The first-order valence-corrected chi connectivity index (χ1v) is 8.11. The highest BCUT2D eigenvalue weighted by molar-refractivity contribution is 7.99. The third kappa shape index (κ3) is 3.73. The minimum Gasteiger partial charge on any atom is -0.337 e. The lowest BCUT2D eigenvalue weighted by molar-refractivity contribution is -0.119. The first-order chi connectivity index (χ1) is 9.96. The lowest BCUT2D eigenvalue weighted by Crippen LogP contribution is -2.45. The van der Waals surface area contributed by atoms with E-state index in [4.69, 9.17) is 0 Å². The van der Waals surface area contributed by atoms with Gasteiger partial charge >= 0.3 is 0 Å². The molecular weight excluding hydrogens is 284 g/mol. The smallest absolute Gasteiger partial charge is 0.231 e. The SMILES string of the molecule is Cc1nc(SCC(=O)NC2(C#N)CCCC2)nc(C)c1C. The fourth-order valence-electron chi connectivity index (χ4n) is 2.48. The topological polar surface area (TPSA) is 78.7 Å². The Kier molecular flexibility index (Phi) is 4.84. The molecule has 0 aromatic carbocycles. The van der Waals surface area contributed by atoms with Gasteiger partial charge in [-0.2, -0.15) is 5.26 Å². The van der Waals surface area contributed by atoms with Crippen molar-refractivity contribution in [1.29, 1.82) is 5.26 Å². The number of aryl methyl sites for hydroxylation is 2. The molecule has 0 unspecified atom stereocenters. The zero-order valence-corrected chi connectivity index (χ0v) is 13.5. The van der Waals surface area contributed by atoms with Crippen molar-refractivity contribution in [3.05, 3.63) is 17.0 Å². The Morgan fingerprint density at radius 3 is 2.38 bits per heavy atom. The van der Waals surface area contributed by atoms with Crippen molar-refractivity contribution in [1.82, 2.24) is 15.3 Å². The van der Waals surface area contributed by atoms with E-state index in [1.807, 2.05) is 20.8 Å². The van der Waals surface area contributed by atoms with Gasteiger partial charge in [0.2, 0.25) is 5.91 Å². The molecule has 1 N–H and O–H groups in total. The average molecular weight is 304 g/mol. The van der Waals surface area contributed by atoms with Gasteiger partial charge in [0.1, 0.15) is 5.54 Å². The van der Waals surface area contributed by atoms with E-state index in [9.17, 15) is 10.1 Å². The molecule has 0 atom stereocenters. The maximum atomic E-state index is 12.0. The van der Waals surface area contributed by atoms with E-state index in [0.717, 1.165) is 42.6 Å². The second-order valence-electron chi connectivity index (χ2n) is 5.54. The molecule has 0 bridgehead atoms. The molecule has 1 aliphatic carbocycles. The number of carbonyl (C=O) groups excluding carboxylic acids is 1. The molecule has 1 heterocycles. The number of nitrogens with one attached hydrogen (secondary N) is 1. The van der Waals surface area contributed by atoms with Crippen molar-refractivity contribution in [3.63, 3.8) is 0 Å². The van der Waals surface area contributed by atoms with E-state index in [2.05, 4.69) is 21.4 Å². The number of carbonyl (C=O) groups is 1. The van der Waals surface area contributed by atoms with E-state index in [1.54, 1.807) is 0 Å². The summed E-state index contributed by atoms with van der Waals surface area (Å²) in [5.41, 5.74) is 2.31. The largest absolute Gasteiger partial charge is 0.337 e. The minimum absolute atomic E-state index is 0.122. The van der Waals surface area contributed by atoms with Crippen LogP contribution in [0.15, 0.2) is 5.16 Å². The van der Waals surface area contributed by atoms with Gasteiger partial charge in [-0.1, -0.05) is 11.8 Å². The molecule has 0 aliphatic heterocycles. The molecule has 21 heavy (non-hydrogen) atoms. The van der Waals surface area contributed by atoms with Crippen LogP contribution in [-0.4, -0.2) is 27.2 Å². The van der Waals surface area contributed by atoms with E-state index in [1.165, 1.54) is 11.8 Å². The maximum absolute atomic E-state index is 12.0. The second-order valence-corrected chi connectivity index (χ2v) is 6.48. The molecule has 6 heteroatoms. The lowest BCUT2D eigenvalue weighted by Gasteiger charge is -2.21. The van der Waals surface area contributed by atoms with Crippen LogP contribution in [0.1, 0.15) is 42.6 Å². The molecule has 1 aromatic rings. The van der Waals surface area contributed by atoms with Gasteiger partial charge in [0.15, 0.2) is 5.16 Å². The first-order valence-electron chi connectivity index (χ1n) is 7.13. The number of hydrogen-bond acceptors (Lipinski definition) is 5. The van der Waals surface area contributed by atoms with Crippen LogP contribution in [-0.2, 0) is 4.79 Å². The third-order valence-corrected chi connectivity index (χ3v) is 4.84. The molecule has 112 valence electrons. The summed E-state index contributed by atoms with van der Waals surface area (Å²) < 4.78 is 0. The summed E-state index contributed by atoms with van der Waals surface area (Å²) >= 11 is 1.31. The van der Waals surface area contributed by atoms with Crippen LogP contribution in [0.3, 0.4) is 0 Å². The average Bonchev–Trinajstić information content (AvgIpc) is 2.91. The summed E-state index contributed by atoms with van der Waals surface area (Å²) in [5, 5.41) is 12.7. The number of nitriles is 1. The van der Waals surface area contributed by atoms with Crippen molar-refractivity contribution in [3.8, 4) is 6.07 Å². The number of nitrogens with zero attached hydrogens (tertiary/aromatic N) is 3. The molecule has 1 aliphatic rings. The van der Waals surface area contributed by atoms with E-state index in [-0.39, 0.29) is 11.7 Å². The van der Waals surface area contributed by atoms with Crippen LogP contribution < -0.4 is 5.32 Å². The van der Waals surface area contributed by atoms with Crippen LogP contribution in [0, 0.1) is 32.1 Å². The highest BCUT2D eigenvalue weighted by atomic mass is 32.2. The van der Waals surface area contributed by atoms with Gasteiger partial charge in [0.25, 0.3) is 0 Å². The standard InChI is InChI=1S/C15H20N4OS/c1-10-11(2)17-14(18-12(10)3)21-8-13(20)19-15(9-16)6-4-5-7-15/h4-8H2,1-3H3,(H,19,20). The van der Waals surface area contributed by atoms with Crippen molar-refractivity contribution < 1.29 is 4.79 Å². The molecule has 0 radical (unpaired) electrons. The summed E-state index contributed by atoms with van der Waals surface area (Å²) in [5.74, 6) is 0.119. The van der Waals surface area contributed by atoms with Crippen molar-refractivity contribution in [2.24, 2.45) is 0 Å². The van der Waals surface area contributed by atoms with Gasteiger partial charge in [-0.3, -0.25) is 4.79 Å². The van der Waals surface area contributed by atoms with Crippen LogP contribution in [0.5, 0.6) is 0 Å². The van der Waals surface area contributed by atoms with Crippen LogP contribution in [0.4, 0.5) is 0 Å². The fourth-order valence-corrected chi connectivity index (χ4v) is 3.22. The number of amides is 1. The van der Waals surface area contributed by atoms with Crippen molar-refractivity contribution in [2.75, 3.05) is 5.75 Å². The minimum atomic E-state index is -0.655. The summed E-state index contributed by atoms with van der Waals surface area (Å²) in [6.07, 6.45) is 3.50.